The molecule has 2 aliphatic rings. The van der Waals surface area contributed by atoms with Crippen molar-refractivity contribution in [3.05, 3.63) is 42.5 Å². The third kappa shape index (κ3) is 2.99. The number of rotatable bonds is 4. The third-order valence-electron chi connectivity index (χ3n) is 5.00. The molecule has 1 aromatic rings. The van der Waals surface area contributed by atoms with Gasteiger partial charge in [-0.15, -0.1) is 0 Å². The van der Waals surface area contributed by atoms with Gasteiger partial charge in [-0.3, -0.25) is 0 Å². The summed E-state index contributed by atoms with van der Waals surface area (Å²) < 4.78 is 5.54. The van der Waals surface area contributed by atoms with Crippen LogP contribution in [0, 0.1) is 5.92 Å². The van der Waals surface area contributed by atoms with E-state index in [2.05, 4.69) is 24.0 Å². The summed E-state index contributed by atoms with van der Waals surface area (Å²) in [6.07, 6.45) is 7.09. The molecule has 1 aliphatic carbocycles. The van der Waals surface area contributed by atoms with E-state index in [4.69, 9.17) is 4.74 Å². The minimum Gasteiger partial charge on any atom is -0.490 e. The summed E-state index contributed by atoms with van der Waals surface area (Å²) in [7, 11) is 0. The highest BCUT2D eigenvalue weighted by Gasteiger charge is 2.45. The van der Waals surface area contributed by atoms with E-state index in [1.165, 1.54) is 12.0 Å². The molecule has 0 spiro atoms. The zero-order valence-electron chi connectivity index (χ0n) is 12.6. The van der Waals surface area contributed by atoms with E-state index >= 15 is 0 Å². The molecule has 2 fully saturated rings. The first-order valence-electron chi connectivity index (χ1n) is 8.02. The van der Waals surface area contributed by atoms with Crippen LogP contribution in [0.25, 0.3) is 0 Å². The normalized spacial score (nSPS) is 32.2. The molecule has 0 radical (unpaired) electrons. The minimum atomic E-state index is -0.466. The fraction of sp³-hybridized carbons (Fsp3) is 0.556. The second-order valence-electron chi connectivity index (χ2n) is 6.31. The molecule has 3 atom stereocenters. The molecule has 1 aliphatic heterocycles. The van der Waals surface area contributed by atoms with Gasteiger partial charge in [-0.05, 0) is 43.5 Å². The summed E-state index contributed by atoms with van der Waals surface area (Å²) in [6.45, 7) is 5.08. The van der Waals surface area contributed by atoms with Gasteiger partial charge in [0.2, 0.25) is 0 Å². The number of piperidine rings is 1. The molecule has 3 heteroatoms. The average Bonchev–Trinajstić information content (AvgIpc) is 2.52. The van der Waals surface area contributed by atoms with Crippen molar-refractivity contribution in [2.24, 2.45) is 5.92 Å². The number of hydrogen-bond donors (Lipinski definition) is 2. The minimum absolute atomic E-state index is 0.262. The summed E-state index contributed by atoms with van der Waals surface area (Å²) in [4.78, 5) is 0. The van der Waals surface area contributed by atoms with Crippen LogP contribution in [0.3, 0.4) is 0 Å². The molecule has 2 N–H and O–H groups in total. The molecular formula is C18H25NO2. The Morgan fingerprint density at radius 2 is 2.10 bits per heavy atom. The lowest BCUT2D eigenvalue weighted by molar-refractivity contribution is -0.0861. The van der Waals surface area contributed by atoms with Crippen molar-refractivity contribution in [2.75, 3.05) is 13.2 Å². The first-order chi connectivity index (χ1) is 10.2. The second-order valence-corrected chi connectivity index (χ2v) is 6.31. The van der Waals surface area contributed by atoms with Crippen LogP contribution in [-0.2, 0) is 0 Å². The Hall–Kier alpha value is -1.32. The van der Waals surface area contributed by atoms with E-state index in [0.717, 1.165) is 38.0 Å². The lowest BCUT2D eigenvalue weighted by atomic mass is 9.67. The monoisotopic (exact) mass is 287 g/mol. The molecule has 114 valence electrons. The van der Waals surface area contributed by atoms with Gasteiger partial charge >= 0.3 is 0 Å². The summed E-state index contributed by atoms with van der Waals surface area (Å²) in [5, 5.41) is 14.5. The molecule has 3 nitrogen and oxygen atoms in total. The van der Waals surface area contributed by atoms with Gasteiger partial charge in [-0.1, -0.05) is 37.6 Å². The maximum absolute atomic E-state index is 10.9. The van der Waals surface area contributed by atoms with Crippen LogP contribution < -0.4 is 10.1 Å². The molecule has 1 saturated heterocycles. The van der Waals surface area contributed by atoms with Crippen LogP contribution >= 0.6 is 0 Å². The van der Waals surface area contributed by atoms with Gasteiger partial charge in [-0.2, -0.15) is 0 Å². The third-order valence-corrected chi connectivity index (χ3v) is 5.00. The van der Waals surface area contributed by atoms with Crippen LogP contribution in [0.4, 0.5) is 0 Å². The van der Waals surface area contributed by atoms with Crippen molar-refractivity contribution in [1.29, 1.82) is 0 Å². The lowest BCUT2D eigenvalue weighted by Gasteiger charge is -2.48. The van der Waals surface area contributed by atoms with E-state index in [0.29, 0.717) is 12.5 Å². The Labute approximate surface area is 127 Å². The zero-order chi connectivity index (χ0) is 14.7. The number of nitrogens with one attached hydrogen (secondary N) is 1. The summed E-state index contributed by atoms with van der Waals surface area (Å²) in [5.74, 6) is 1.20. The van der Waals surface area contributed by atoms with Crippen LogP contribution in [0.1, 0.15) is 43.7 Å². The molecule has 1 saturated carbocycles. The molecule has 1 heterocycles. The predicted molar refractivity (Wildman–Crippen MR) is 84.4 cm³/mol. The fourth-order valence-corrected chi connectivity index (χ4v) is 3.90. The maximum atomic E-state index is 10.9. The van der Waals surface area contributed by atoms with Gasteiger partial charge < -0.3 is 15.2 Å². The Balaban J connectivity index is 1.77. The van der Waals surface area contributed by atoms with Gasteiger partial charge in [0.25, 0.3) is 0 Å². The number of benzene rings is 1. The molecular weight excluding hydrogens is 262 g/mol. The van der Waals surface area contributed by atoms with Crippen LogP contribution in [0.5, 0.6) is 5.75 Å². The van der Waals surface area contributed by atoms with Gasteiger partial charge in [0, 0.05) is 12.0 Å². The van der Waals surface area contributed by atoms with E-state index in [9.17, 15) is 5.11 Å². The van der Waals surface area contributed by atoms with E-state index < -0.39 is 5.60 Å². The summed E-state index contributed by atoms with van der Waals surface area (Å²) >= 11 is 0. The molecule has 3 rings (SSSR count). The molecule has 1 aromatic carbocycles. The average molecular weight is 287 g/mol. The van der Waals surface area contributed by atoms with Crippen molar-refractivity contribution < 1.29 is 9.84 Å². The van der Waals surface area contributed by atoms with Crippen LogP contribution in [-0.4, -0.2) is 23.9 Å². The number of hydrogen-bond acceptors (Lipinski definition) is 3. The van der Waals surface area contributed by atoms with Gasteiger partial charge in [0.15, 0.2) is 0 Å². The van der Waals surface area contributed by atoms with Crippen LogP contribution in [0.15, 0.2) is 36.9 Å². The topological polar surface area (TPSA) is 41.5 Å². The fourth-order valence-electron chi connectivity index (χ4n) is 3.90. The summed E-state index contributed by atoms with van der Waals surface area (Å²) in [6, 6.07) is 8.53. The molecule has 21 heavy (non-hydrogen) atoms. The number of fused-ring (bicyclic) bond motifs is 1. The van der Waals surface area contributed by atoms with Crippen molar-refractivity contribution in [3.63, 3.8) is 0 Å². The standard InChI is InChI=1S/C18H25NO2/c1-2-13-21-15-8-6-14(7-9-15)17-16-5-3-4-10-18(16,20)11-12-19-17/h2,6-9,16-17,19-20H,1,3-5,10-13H2/t16?,17-,18?/m0/s1. The quantitative estimate of drug-likeness (QED) is 0.836. The van der Waals surface area contributed by atoms with Crippen molar-refractivity contribution >= 4 is 0 Å². The Kier molecular flexibility index (Phi) is 4.32. The van der Waals surface area contributed by atoms with Gasteiger partial charge in [-0.25, -0.2) is 0 Å². The van der Waals surface area contributed by atoms with E-state index in [-0.39, 0.29) is 6.04 Å². The maximum Gasteiger partial charge on any atom is 0.119 e. The van der Waals surface area contributed by atoms with Crippen molar-refractivity contribution in [1.82, 2.24) is 5.32 Å². The highest BCUT2D eigenvalue weighted by atomic mass is 16.5. The zero-order valence-corrected chi connectivity index (χ0v) is 12.6. The largest absolute Gasteiger partial charge is 0.490 e. The first-order valence-corrected chi connectivity index (χ1v) is 8.02. The Morgan fingerprint density at radius 3 is 2.86 bits per heavy atom. The van der Waals surface area contributed by atoms with E-state index in [1.807, 2.05) is 12.1 Å². The summed E-state index contributed by atoms with van der Waals surface area (Å²) in [5.41, 5.74) is 0.789. The molecule has 0 bridgehead atoms. The molecule has 0 amide bonds. The molecule has 0 aromatic heterocycles. The Morgan fingerprint density at radius 1 is 1.29 bits per heavy atom. The Bertz CT molecular complexity index is 480. The molecule has 2 unspecified atom stereocenters. The predicted octanol–water partition coefficient (Wildman–Crippen LogP) is 3.21. The first kappa shape index (κ1) is 14.6. The second kappa shape index (κ2) is 6.20. The number of aliphatic hydroxyl groups is 1. The highest BCUT2D eigenvalue weighted by Crippen LogP contribution is 2.45. The van der Waals surface area contributed by atoms with Crippen molar-refractivity contribution in [2.45, 2.75) is 43.7 Å². The lowest BCUT2D eigenvalue weighted by Crippen LogP contribution is -2.53. The SMILES string of the molecule is C=CCOc1ccc([C@@H]2NCCC3(O)CCCCC23)cc1. The smallest absolute Gasteiger partial charge is 0.119 e. The van der Waals surface area contributed by atoms with Gasteiger partial charge in [0.1, 0.15) is 12.4 Å². The van der Waals surface area contributed by atoms with E-state index in [1.54, 1.807) is 6.08 Å². The number of ether oxygens (including phenoxy) is 1. The van der Waals surface area contributed by atoms with Gasteiger partial charge in [0.05, 0.1) is 5.60 Å². The van der Waals surface area contributed by atoms with Crippen molar-refractivity contribution in [3.8, 4) is 5.75 Å². The highest BCUT2D eigenvalue weighted by molar-refractivity contribution is 5.30. The van der Waals surface area contributed by atoms with Crippen LogP contribution in [0.2, 0.25) is 0 Å².